The van der Waals surface area contributed by atoms with Gasteiger partial charge in [0.1, 0.15) is 0 Å². The highest BCUT2D eigenvalue weighted by atomic mass is 79.9. The van der Waals surface area contributed by atoms with Gasteiger partial charge in [-0.1, -0.05) is 39.4 Å². The predicted molar refractivity (Wildman–Crippen MR) is 93.1 cm³/mol. The molecule has 0 saturated heterocycles. The van der Waals surface area contributed by atoms with Crippen LogP contribution in [0.5, 0.6) is 0 Å². The van der Waals surface area contributed by atoms with Gasteiger partial charge in [-0.05, 0) is 44.0 Å². The van der Waals surface area contributed by atoms with E-state index >= 15 is 0 Å². The molecule has 1 aromatic heterocycles. The van der Waals surface area contributed by atoms with Crippen molar-refractivity contribution in [2.45, 2.75) is 31.8 Å². The second-order valence-corrected chi connectivity index (χ2v) is 7.45. The summed E-state index contributed by atoms with van der Waals surface area (Å²) in [6.07, 6.45) is 3.58. The van der Waals surface area contributed by atoms with Crippen LogP contribution in [0.1, 0.15) is 35.0 Å². The summed E-state index contributed by atoms with van der Waals surface area (Å²) in [6.45, 7) is 0.885. The molecule has 3 rings (SSSR count). The van der Waals surface area contributed by atoms with Crippen molar-refractivity contribution in [1.29, 1.82) is 0 Å². The van der Waals surface area contributed by atoms with Crippen molar-refractivity contribution in [3.8, 4) is 0 Å². The highest BCUT2D eigenvalue weighted by Gasteiger charge is 2.24. The minimum Gasteiger partial charge on any atom is -0.347 e. The number of benzene rings is 1. The van der Waals surface area contributed by atoms with Crippen LogP contribution in [0.2, 0.25) is 0 Å². The molecule has 1 heterocycles. The minimum absolute atomic E-state index is 0.485. The molecule has 2 aromatic rings. The lowest BCUT2D eigenvalue weighted by molar-refractivity contribution is 0.501. The second kappa shape index (κ2) is 6.46. The van der Waals surface area contributed by atoms with Crippen LogP contribution >= 0.6 is 27.3 Å². The third-order valence-corrected chi connectivity index (χ3v) is 5.74. The summed E-state index contributed by atoms with van der Waals surface area (Å²) < 4.78 is 1.13. The van der Waals surface area contributed by atoms with Gasteiger partial charge in [-0.25, -0.2) is 4.98 Å². The molecule has 112 valence electrons. The first kappa shape index (κ1) is 15.0. The van der Waals surface area contributed by atoms with Crippen molar-refractivity contribution in [3.05, 3.63) is 44.9 Å². The average molecular weight is 366 g/mol. The molecule has 1 aliphatic rings. The first-order valence-electron chi connectivity index (χ1n) is 7.30. The monoisotopic (exact) mass is 365 g/mol. The van der Waals surface area contributed by atoms with Gasteiger partial charge in [0.25, 0.3) is 0 Å². The third kappa shape index (κ3) is 3.30. The number of halogens is 1. The van der Waals surface area contributed by atoms with E-state index in [1.54, 1.807) is 0 Å². The summed E-state index contributed by atoms with van der Waals surface area (Å²) in [5.74, 6) is 0. The van der Waals surface area contributed by atoms with Crippen LogP contribution in [0.4, 0.5) is 5.13 Å². The van der Waals surface area contributed by atoms with E-state index in [1.807, 2.05) is 18.4 Å². The molecule has 0 bridgehead atoms. The second-order valence-electron chi connectivity index (χ2n) is 5.53. The van der Waals surface area contributed by atoms with Gasteiger partial charge in [-0.3, -0.25) is 0 Å². The lowest BCUT2D eigenvalue weighted by Gasteiger charge is -2.19. The SMILES string of the molecule is CNC1CCCc2nc(N(C)Cc3cccc(Br)c3)sc21. The van der Waals surface area contributed by atoms with Crippen LogP contribution in [-0.4, -0.2) is 19.1 Å². The molecule has 1 aliphatic carbocycles. The van der Waals surface area contributed by atoms with E-state index in [4.69, 9.17) is 4.98 Å². The molecule has 0 radical (unpaired) electrons. The molecule has 0 saturated carbocycles. The smallest absolute Gasteiger partial charge is 0.185 e. The number of fused-ring (bicyclic) bond motifs is 1. The van der Waals surface area contributed by atoms with Crippen LogP contribution in [0.25, 0.3) is 0 Å². The molecule has 1 atom stereocenters. The number of hydrogen-bond acceptors (Lipinski definition) is 4. The Hall–Kier alpha value is -0.910. The summed E-state index contributed by atoms with van der Waals surface area (Å²) in [5.41, 5.74) is 2.59. The molecule has 0 aliphatic heterocycles. The Kier molecular flexibility index (Phi) is 4.62. The number of anilines is 1. The molecule has 0 fully saturated rings. The number of rotatable bonds is 4. The highest BCUT2D eigenvalue weighted by molar-refractivity contribution is 9.10. The van der Waals surface area contributed by atoms with Crippen molar-refractivity contribution in [2.75, 3.05) is 19.0 Å². The Bertz CT molecular complexity index is 626. The van der Waals surface area contributed by atoms with Gasteiger partial charge in [0.05, 0.1) is 5.69 Å². The fourth-order valence-electron chi connectivity index (χ4n) is 2.82. The maximum absolute atomic E-state index is 4.86. The van der Waals surface area contributed by atoms with Gasteiger partial charge in [0, 0.05) is 29.0 Å². The summed E-state index contributed by atoms with van der Waals surface area (Å²) in [4.78, 5) is 8.54. The molecule has 1 aromatic carbocycles. The van der Waals surface area contributed by atoms with Crippen LogP contribution < -0.4 is 10.2 Å². The van der Waals surface area contributed by atoms with E-state index in [1.165, 1.54) is 29.0 Å². The number of aromatic nitrogens is 1. The fourth-order valence-corrected chi connectivity index (χ4v) is 4.49. The Balaban J connectivity index is 1.79. The highest BCUT2D eigenvalue weighted by Crippen LogP contribution is 2.37. The molecule has 5 heteroatoms. The quantitative estimate of drug-likeness (QED) is 0.882. The van der Waals surface area contributed by atoms with E-state index in [-0.39, 0.29) is 0 Å². The molecule has 0 spiro atoms. The zero-order valence-electron chi connectivity index (χ0n) is 12.4. The topological polar surface area (TPSA) is 28.2 Å². The standard InChI is InChI=1S/C16H20BrN3S/c1-18-13-7-4-8-14-15(13)21-16(19-14)20(2)10-11-5-3-6-12(17)9-11/h3,5-6,9,13,18H,4,7-8,10H2,1-2H3. The zero-order valence-corrected chi connectivity index (χ0v) is 14.8. The van der Waals surface area contributed by atoms with Gasteiger partial charge >= 0.3 is 0 Å². The molecule has 1 unspecified atom stereocenters. The van der Waals surface area contributed by atoms with Crippen molar-refractivity contribution < 1.29 is 0 Å². The Morgan fingerprint density at radius 1 is 1.48 bits per heavy atom. The maximum Gasteiger partial charge on any atom is 0.185 e. The van der Waals surface area contributed by atoms with Crippen molar-refractivity contribution in [3.63, 3.8) is 0 Å². The summed E-state index contributed by atoms with van der Waals surface area (Å²) in [6, 6.07) is 8.95. The number of aryl methyl sites for hydroxylation is 1. The normalized spacial score (nSPS) is 17.6. The van der Waals surface area contributed by atoms with Crippen LogP contribution in [-0.2, 0) is 13.0 Å². The molecule has 21 heavy (non-hydrogen) atoms. The van der Waals surface area contributed by atoms with Gasteiger partial charge in [0.2, 0.25) is 0 Å². The van der Waals surface area contributed by atoms with Crippen molar-refractivity contribution in [2.24, 2.45) is 0 Å². The van der Waals surface area contributed by atoms with Gasteiger partial charge < -0.3 is 10.2 Å². The maximum atomic E-state index is 4.86. The van der Waals surface area contributed by atoms with Crippen molar-refractivity contribution >= 4 is 32.4 Å². The van der Waals surface area contributed by atoms with E-state index in [2.05, 4.69) is 57.5 Å². The van der Waals surface area contributed by atoms with E-state index in [0.717, 1.165) is 22.6 Å². The average Bonchev–Trinajstić information content (AvgIpc) is 2.91. The fraction of sp³-hybridized carbons (Fsp3) is 0.438. The van der Waals surface area contributed by atoms with E-state index in [9.17, 15) is 0 Å². The number of nitrogens with one attached hydrogen (secondary N) is 1. The van der Waals surface area contributed by atoms with Crippen LogP contribution in [0, 0.1) is 0 Å². The summed E-state index contributed by atoms with van der Waals surface area (Å²) in [7, 11) is 4.17. The van der Waals surface area contributed by atoms with Crippen LogP contribution in [0.15, 0.2) is 28.7 Å². The number of thiazole rings is 1. The van der Waals surface area contributed by atoms with Crippen molar-refractivity contribution in [1.82, 2.24) is 10.3 Å². The third-order valence-electron chi connectivity index (χ3n) is 3.92. The molecular formula is C16H20BrN3S. The lowest BCUT2D eigenvalue weighted by Crippen LogP contribution is -2.19. The summed E-state index contributed by atoms with van der Waals surface area (Å²) >= 11 is 5.37. The number of hydrogen-bond donors (Lipinski definition) is 1. The Morgan fingerprint density at radius 3 is 3.10 bits per heavy atom. The molecule has 3 nitrogen and oxygen atoms in total. The first-order valence-corrected chi connectivity index (χ1v) is 8.91. The van der Waals surface area contributed by atoms with E-state index in [0.29, 0.717) is 6.04 Å². The summed E-state index contributed by atoms with van der Waals surface area (Å²) in [5, 5.41) is 4.54. The molecule has 1 N–H and O–H groups in total. The molecular weight excluding hydrogens is 346 g/mol. The van der Waals surface area contributed by atoms with Crippen LogP contribution in [0.3, 0.4) is 0 Å². The van der Waals surface area contributed by atoms with E-state index < -0.39 is 0 Å². The van der Waals surface area contributed by atoms with Gasteiger partial charge in [-0.15, -0.1) is 0 Å². The largest absolute Gasteiger partial charge is 0.347 e. The lowest BCUT2D eigenvalue weighted by atomic mass is 9.98. The first-order chi connectivity index (χ1) is 10.2. The van der Waals surface area contributed by atoms with Gasteiger partial charge in [-0.2, -0.15) is 0 Å². The predicted octanol–water partition coefficient (Wildman–Crippen LogP) is 4.14. The minimum atomic E-state index is 0.485. The number of nitrogens with zero attached hydrogens (tertiary/aromatic N) is 2. The Morgan fingerprint density at radius 2 is 2.33 bits per heavy atom. The van der Waals surface area contributed by atoms with Gasteiger partial charge in [0.15, 0.2) is 5.13 Å². The zero-order chi connectivity index (χ0) is 14.8. The molecule has 0 amide bonds. The Labute approximate surface area is 138 Å².